The molecule has 0 spiro atoms. The number of hydrogen-bond acceptors (Lipinski definition) is 3. The molecule has 0 aromatic heterocycles. The van der Waals surface area contributed by atoms with Crippen molar-refractivity contribution < 1.29 is 9.94 Å². The minimum Gasteiger partial charge on any atom is -0.413 e. The average Bonchev–Trinajstić information content (AvgIpc) is 2.36. The van der Waals surface area contributed by atoms with Crippen LogP contribution in [0.4, 0.5) is 0 Å². The summed E-state index contributed by atoms with van der Waals surface area (Å²) in [6, 6.07) is -0.313. The first-order valence-electron chi connectivity index (χ1n) is 3.37. The fourth-order valence-corrected chi connectivity index (χ4v) is 0.826. The van der Waals surface area contributed by atoms with Crippen molar-refractivity contribution in [2.75, 3.05) is 0 Å². The van der Waals surface area contributed by atoms with E-state index in [0.717, 1.165) is 5.76 Å². The monoisotopic (exact) mass is 153 g/mol. The number of nitrogens with one attached hydrogen (secondary N) is 1. The molecule has 3 nitrogen and oxygen atoms in total. The zero-order valence-electron chi connectivity index (χ0n) is 6.59. The number of rotatable bonds is 1. The van der Waals surface area contributed by atoms with Crippen molar-refractivity contribution in [1.29, 1.82) is 0 Å². The summed E-state index contributed by atoms with van der Waals surface area (Å²) >= 11 is 0. The summed E-state index contributed by atoms with van der Waals surface area (Å²) < 4.78 is 0. The highest BCUT2D eigenvalue weighted by atomic mass is 16.7. The van der Waals surface area contributed by atoms with E-state index in [-0.39, 0.29) is 6.04 Å². The van der Waals surface area contributed by atoms with Crippen molar-refractivity contribution in [3.8, 4) is 12.3 Å². The normalized spacial score (nSPS) is 28.2. The molecule has 2 N–H and O–H groups in total. The van der Waals surface area contributed by atoms with Gasteiger partial charge in [0.25, 0.3) is 0 Å². The Kier molecular flexibility index (Phi) is 1.90. The van der Waals surface area contributed by atoms with E-state index in [4.69, 9.17) is 11.3 Å². The van der Waals surface area contributed by atoms with E-state index in [1.165, 1.54) is 0 Å². The lowest BCUT2D eigenvalue weighted by Crippen LogP contribution is -2.43. The van der Waals surface area contributed by atoms with Crippen LogP contribution in [0.3, 0.4) is 0 Å². The molecule has 0 aromatic carbocycles. The second kappa shape index (κ2) is 2.57. The number of hydroxylamine groups is 1. The lowest BCUT2D eigenvalue weighted by molar-refractivity contribution is 0.0311. The van der Waals surface area contributed by atoms with Gasteiger partial charge in [-0.15, -0.1) is 11.9 Å². The van der Waals surface area contributed by atoms with Crippen LogP contribution in [0.5, 0.6) is 0 Å². The molecule has 1 aliphatic rings. The SMILES string of the molecule is C#CC(C)(O)C1C=C(C)ON1. The van der Waals surface area contributed by atoms with Gasteiger partial charge < -0.3 is 9.94 Å². The molecule has 0 fully saturated rings. The van der Waals surface area contributed by atoms with E-state index in [9.17, 15) is 5.11 Å². The van der Waals surface area contributed by atoms with Crippen molar-refractivity contribution in [2.24, 2.45) is 0 Å². The molecular formula is C8H11NO2. The van der Waals surface area contributed by atoms with Gasteiger partial charge in [0, 0.05) is 0 Å². The average molecular weight is 153 g/mol. The Morgan fingerprint density at radius 2 is 2.55 bits per heavy atom. The van der Waals surface area contributed by atoms with Crippen molar-refractivity contribution in [3.05, 3.63) is 11.8 Å². The summed E-state index contributed by atoms with van der Waals surface area (Å²) in [4.78, 5) is 4.91. The molecule has 0 bridgehead atoms. The first-order chi connectivity index (χ1) is 5.06. The zero-order chi connectivity index (χ0) is 8.48. The third-order valence-electron chi connectivity index (χ3n) is 1.65. The Morgan fingerprint density at radius 3 is 2.91 bits per heavy atom. The smallest absolute Gasteiger partial charge is 0.144 e. The Hall–Kier alpha value is -0.980. The fraction of sp³-hybridized carbons (Fsp3) is 0.500. The predicted molar refractivity (Wildman–Crippen MR) is 41.2 cm³/mol. The van der Waals surface area contributed by atoms with Gasteiger partial charge in [0.05, 0.1) is 0 Å². The summed E-state index contributed by atoms with van der Waals surface area (Å²) in [6.07, 6.45) is 6.86. The summed E-state index contributed by atoms with van der Waals surface area (Å²) in [5, 5.41) is 9.52. The van der Waals surface area contributed by atoms with E-state index >= 15 is 0 Å². The molecule has 2 unspecified atom stereocenters. The second-order valence-corrected chi connectivity index (χ2v) is 2.77. The Labute approximate surface area is 66.0 Å². The Morgan fingerprint density at radius 1 is 1.91 bits per heavy atom. The minimum absolute atomic E-state index is 0.313. The first-order valence-corrected chi connectivity index (χ1v) is 3.37. The summed E-state index contributed by atoms with van der Waals surface area (Å²) in [6.45, 7) is 3.35. The predicted octanol–water partition coefficient (Wildman–Crippen LogP) is 0.178. The molecule has 0 saturated carbocycles. The largest absolute Gasteiger partial charge is 0.413 e. The second-order valence-electron chi connectivity index (χ2n) is 2.77. The fourth-order valence-electron chi connectivity index (χ4n) is 0.826. The lowest BCUT2D eigenvalue weighted by Gasteiger charge is -2.21. The Balaban J connectivity index is 2.72. The highest BCUT2D eigenvalue weighted by Crippen LogP contribution is 2.16. The van der Waals surface area contributed by atoms with Crippen LogP contribution in [0.2, 0.25) is 0 Å². The molecule has 11 heavy (non-hydrogen) atoms. The van der Waals surface area contributed by atoms with Gasteiger partial charge in [0.15, 0.2) is 0 Å². The van der Waals surface area contributed by atoms with Crippen LogP contribution in [0.1, 0.15) is 13.8 Å². The molecule has 1 aliphatic heterocycles. The van der Waals surface area contributed by atoms with Crippen molar-refractivity contribution in [3.63, 3.8) is 0 Å². The van der Waals surface area contributed by atoms with Gasteiger partial charge in [-0.1, -0.05) is 5.92 Å². The maximum atomic E-state index is 9.52. The maximum Gasteiger partial charge on any atom is 0.144 e. The van der Waals surface area contributed by atoms with E-state index in [1.807, 2.05) is 0 Å². The van der Waals surface area contributed by atoms with Crippen LogP contribution in [0.25, 0.3) is 0 Å². The van der Waals surface area contributed by atoms with Crippen LogP contribution in [0, 0.1) is 12.3 Å². The van der Waals surface area contributed by atoms with Crippen LogP contribution >= 0.6 is 0 Å². The van der Waals surface area contributed by atoms with Gasteiger partial charge in [0.1, 0.15) is 17.4 Å². The number of hydrogen-bond donors (Lipinski definition) is 2. The van der Waals surface area contributed by atoms with E-state index in [1.54, 1.807) is 19.9 Å². The maximum absolute atomic E-state index is 9.52. The molecule has 0 saturated heterocycles. The highest BCUT2D eigenvalue weighted by molar-refractivity contribution is 5.19. The summed E-state index contributed by atoms with van der Waals surface area (Å²) in [7, 11) is 0. The van der Waals surface area contributed by atoms with Gasteiger partial charge in [-0.2, -0.15) is 0 Å². The molecule has 1 heterocycles. The highest BCUT2D eigenvalue weighted by Gasteiger charge is 2.31. The zero-order valence-corrected chi connectivity index (χ0v) is 6.59. The third kappa shape index (κ3) is 1.53. The lowest BCUT2D eigenvalue weighted by atomic mass is 9.98. The molecule has 3 heteroatoms. The quantitative estimate of drug-likeness (QED) is 0.528. The molecule has 0 aromatic rings. The van der Waals surface area contributed by atoms with Crippen LogP contribution in [-0.4, -0.2) is 16.7 Å². The topological polar surface area (TPSA) is 41.5 Å². The van der Waals surface area contributed by atoms with Gasteiger partial charge >= 0.3 is 0 Å². The molecule has 0 radical (unpaired) electrons. The van der Waals surface area contributed by atoms with Crippen molar-refractivity contribution >= 4 is 0 Å². The van der Waals surface area contributed by atoms with Crippen molar-refractivity contribution in [2.45, 2.75) is 25.5 Å². The minimum atomic E-state index is -1.18. The standard InChI is InChI=1S/C8H11NO2/c1-4-8(3,10)7-5-6(2)11-9-7/h1,5,7,9-10H,2-3H3. The molecule has 60 valence electrons. The number of terminal acetylenes is 1. The summed E-state index contributed by atoms with van der Waals surface area (Å²) in [5.41, 5.74) is 1.43. The number of allylic oxidation sites excluding steroid dienone is 1. The molecule has 0 aliphatic carbocycles. The van der Waals surface area contributed by atoms with Gasteiger partial charge in [-0.05, 0) is 19.9 Å². The molecule has 1 rings (SSSR count). The van der Waals surface area contributed by atoms with Gasteiger partial charge in [0.2, 0.25) is 0 Å². The van der Waals surface area contributed by atoms with Crippen molar-refractivity contribution in [1.82, 2.24) is 5.48 Å². The van der Waals surface area contributed by atoms with E-state index < -0.39 is 5.60 Å². The van der Waals surface area contributed by atoms with Crippen LogP contribution < -0.4 is 5.48 Å². The van der Waals surface area contributed by atoms with Gasteiger partial charge in [-0.25, -0.2) is 0 Å². The Bertz CT molecular complexity index is 225. The van der Waals surface area contributed by atoms with Crippen LogP contribution in [-0.2, 0) is 4.84 Å². The van der Waals surface area contributed by atoms with E-state index in [0.29, 0.717) is 0 Å². The van der Waals surface area contributed by atoms with Crippen LogP contribution in [0.15, 0.2) is 11.8 Å². The van der Waals surface area contributed by atoms with E-state index in [2.05, 4.69) is 11.4 Å². The van der Waals surface area contributed by atoms with Gasteiger partial charge in [-0.3, -0.25) is 0 Å². The third-order valence-corrected chi connectivity index (χ3v) is 1.65. The number of aliphatic hydroxyl groups is 1. The summed E-state index contributed by atoms with van der Waals surface area (Å²) in [5.74, 6) is 3.00. The molecule has 2 atom stereocenters. The molecular weight excluding hydrogens is 142 g/mol. The molecule has 0 amide bonds. The first kappa shape index (κ1) is 8.12.